The third-order valence-electron chi connectivity index (χ3n) is 5.22. The summed E-state index contributed by atoms with van der Waals surface area (Å²) in [5.41, 5.74) is 9.26. The molecule has 1 heterocycles. The van der Waals surface area contributed by atoms with Gasteiger partial charge >= 0.3 is 0 Å². The van der Waals surface area contributed by atoms with Gasteiger partial charge in [0.05, 0.1) is 0 Å². The molecular weight excluding hydrogens is 300 g/mol. The highest BCUT2D eigenvalue weighted by Crippen LogP contribution is 2.50. The van der Waals surface area contributed by atoms with Crippen molar-refractivity contribution in [2.75, 3.05) is 6.54 Å². The van der Waals surface area contributed by atoms with Crippen molar-refractivity contribution in [2.24, 2.45) is 17.6 Å². The van der Waals surface area contributed by atoms with Crippen LogP contribution >= 0.6 is 0 Å². The molecule has 4 rings (SSSR count). The van der Waals surface area contributed by atoms with Crippen LogP contribution in [0.5, 0.6) is 0 Å². The fraction of sp³-hybridized carbons (Fsp3) is 0.300. The Morgan fingerprint density at radius 3 is 2.50 bits per heavy atom. The normalized spacial score (nSPS) is 24.5. The van der Waals surface area contributed by atoms with Gasteiger partial charge in [0, 0.05) is 12.1 Å². The summed E-state index contributed by atoms with van der Waals surface area (Å²) < 4.78 is 0. The van der Waals surface area contributed by atoms with Crippen molar-refractivity contribution in [2.45, 2.75) is 19.4 Å². The number of nitrogens with zero attached hydrogens (tertiary/aromatic N) is 1. The van der Waals surface area contributed by atoms with Crippen LogP contribution in [0.4, 0.5) is 0 Å². The average molecular weight is 320 g/mol. The molecule has 0 spiro atoms. The number of likely N-dealkylation sites (tertiary alicyclic amines) is 1. The van der Waals surface area contributed by atoms with E-state index in [0.29, 0.717) is 18.0 Å². The molecule has 122 valence electrons. The first-order chi connectivity index (χ1) is 11.6. The first kappa shape index (κ1) is 14.9. The van der Waals surface area contributed by atoms with Crippen LogP contribution in [0, 0.1) is 18.8 Å². The summed E-state index contributed by atoms with van der Waals surface area (Å²) in [6.07, 6.45) is 1.01. The number of fused-ring (bicyclic) bond motifs is 1. The fourth-order valence-electron chi connectivity index (χ4n) is 3.85. The monoisotopic (exact) mass is 320 g/mol. The zero-order chi connectivity index (χ0) is 16.8. The van der Waals surface area contributed by atoms with E-state index >= 15 is 0 Å². The number of hydrogen-bond acceptors (Lipinski definition) is 2. The van der Waals surface area contributed by atoms with Crippen molar-refractivity contribution < 1.29 is 9.59 Å². The quantitative estimate of drug-likeness (QED) is 0.945. The first-order valence-electron chi connectivity index (χ1n) is 8.32. The van der Waals surface area contributed by atoms with Gasteiger partial charge in [0.1, 0.15) is 6.04 Å². The number of amides is 2. The van der Waals surface area contributed by atoms with E-state index in [1.54, 1.807) is 4.90 Å². The van der Waals surface area contributed by atoms with E-state index in [0.717, 1.165) is 17.5 Å². The second kappa shape index (κ2) is 5.48. The number of nitrogens with two attached hydrogens (primary N) is 1. The number of primary amides is 1. The summed E-state index contributed by atoms with van der Waals surface area (Å²) in [5, 5.41) is 0. The minimum absolute atomic E-state index is 0.0952. The van der Waals surface area contributed by atoms with Gasteiger partial charge in [0.15, 0.2) is 0 Å². The van der Waals surface area contributed by atoms with E-state index in [4.69, 9.17) is 5.73 Å². The average Bonchev–Trinajstić information content (AvgIpc) is 3.24. The van der Waals surface area contributed by atoms with Crippen molar-refractivity contribution in [3.63, 3.8) is 0 Å². The molecule has 0 aromatic heterocycles. The molecule has 2 fully saturated rings. The third kappa shape index (κ3) is 2.39. The van der Waals surface area contributed by atoms with Crippen molar-refractivity contribution in [1.29, 1.82) is 0 Å². The van der Waals surface area contributed by atoms with Crippen LogP contribution in [-0.4, -0.2) is 29.3 Å². The number of rotatable bonds is 3. The first-order valence-corrected chi connectivity index (χ1v) is 8.32. The fourth-order valence-corrected chi connectivity index (χ4v) is 3.85. The van der Waals surface area contributed by atoms with Gasteiger partial charge in [-0.25, -0.2) is 0 Å². The molecule has 2 amide bonds. The molecular formula is C20H20N2O2. The second-order valence-corrected chi connectivity index (χ2v) is 6.88. The third-order valence-corrected chi connectivity index (χ3v) is 5.22. The Morgan fingerprint density at radius 2 is 1.79 bits per heavy atom. The molecule has 2 aromatic rings. The van der Waals surface area contributed by atoms with Crippen LogP contribution in [0.1, 0.15) is 22.3 Å². The Balaban J connectivity index is 1.71. The number of benzene rings is 2. The Kier molecular flexibility index (Phi) is 3.41. The lowest BCUT2D eigenvalue weighted by Gasteiger charge is -2.26. The summed E-state index contributed by atoms with van der Waals surface area (Å²) in [4.78, 5) is 26.6. The van der Waals surface area contributed by atoms with E-state index in [-0.39, 0.29) is 17.7 Å². The van der Waals surface area contributed by atoms with Gasteiger partial charge in [-0.05, 0) is 42.4 Å². The summed E-state index contributed by atoms with van der Waals surface area (Å²) >= 11 is 0. The standard InChI is InChI=1S/C20H20N2O2/c1-12-6-8-13(9-7-12)15-4-2-3-5-16(15)20(24)22-11-14-10-17(14)18(22)19(21)23/h2-9,14,17-18H,10-11H2,1H3,(H2,21,23)/t14-,17-,18-/m0/s1. The predicted octanol–water partition coefficient (Wildman–Crippen LogP) is 2.61. The van der Waals surface area contributed by atoms with Gasteiger partial charge in [0.25, 0.3) is 5.91 Å². The highest BCUT2D eigenvalue weighted by Gasteiger charge is 2.56. The maximum atomic E-state index is 13.1. The van der Waals surface area contributed by atoms with Gasteiger partial charge in [-0.3, -0.25) is 9.59 Å². The maximum absolute atomic E-state index is 13.1. The van der Waals surface area contributed by atoms with Gasteiger partial charge in [-0.2, -0.15) is 0 Å². The molecule has 1 saturated carbocycles. The van der Waals surface area contributed by atoms with Gasteiger partial charge < -0.3 is 10.6 Å². The largest absolute Gasteiger partial charge is 0.368 e. The Labute approximate surface area is 141 Å². The zero-order valence-electron chi connectivity index (χ0n) is 13.6. The van der Waals surface area contributed by atoms with E-state index in [9.17, 15) is 9.59 Å². The van der Waals surface area contributed by atoms with Crippen molar-refractivity contribution in [1.82, 2.24) is 4.90 Å². The molecule has 2 aliphatic rings. The molecule has 2 aromatic carbocycles. The van der Waals surface area contributed by atoms with Crippen LogP contribution in [0.2, 0.25) is 0 Å². The number of aryl methyl sites for hydroxylation is 1. The zero-order valence-corrected chi connectivity index (χ0v) is 13.6. The van der Waals surface area contributed by atoms with E-state index < -0.39 is 6.04 Å². The number of carbonyl (C=O) groups is 2. The summed E-state index contributed by atoms with van der Waals surface area (Å²) in [6.45, 7) is 2.67. The highest BCUT2D eigenvalue weighted by atomic mass is 16.2. The molecule has 0 radical (unpaired) electrons. The Morgan fingerprint density at radius 1 is 1.08 bits per heavy atom. The molecule has 1 aliphatic heterocycles. The van der Waals surface area contributed by atoms with Crippen LogP contribution < -0.4 is 5.73 Å². The lowest BCUT2D eigenvalue weighted by molar-refractivity contribution is -0.122. The predicted molar refractivity (Wildman–Crippen MR) is 92.2 cm³/mol. The summed E-state index contributed by atoms with van der Waals surface area (Å²) in [7, 11) is 0. The summed E-state index contributed by atoms with van der Waals surface area (Å²) in [6, 6.07) is 15.2. The van der Waals surface area contributed by atoms with Crippen molar-refractivity contribution in [3.05, 3.63) is 59.7 Å². The van der Waals surface area contributed by atoms with E-state index in [1.165, 1.54) is 5.56 Å². The van der Waals surface area contributed by atoms with Crippen LogP contribution in [0.25, 0.3) is 11.1 Å². The molecule has 2 N–H and O–H groups in total. The summed E-state index contributed by atoms with van der Waals surface area (Å²) in [5.74, 6) is 0.222. The number of carbonyl (C=O) groups excluding carboxylic acids is 2. The molecule has 3 atom stereocenters. The van der Waals surface area contributed by atoms with Crippen molar-refractivity contribution >= 4 is 11.8 Å². The van der Waals surface area contributed by atoms with Gasteiger partial charge in [0.2, 0.25) is 5.91 Å². The van der Waals surface area contributed by atoms with Crippen LogP contribution in [0.3, 0.4) is 0 Å². The molecule has 0 unspecified atom stereocenters. The molecule has 4 heteroatoms. The van der Waals surface area contributed by atoms with Crippen LogP contribution in [-0.2, 0) is 4.79 Å². The molecule has 0 bridgehead atoms. The molecule has 4 nitrogen and oxygen atoms in total. The lowest BCUT2D eigenvalue weighted by atomic mass is 9.97. The minimum atomic E-state index is -0.450. The Bertz CT molecular complexity index is 813. The van der Waals surface area contributed by atoms with Crippen molar-refractivity contribution in [3.8, 4) is 11.1 Å². The molecule has 1 saturated heterocycles. The lowest BCUT2D eigenvalue weighted by Crippen LogP contribution is -2.46. The highest BCUT2D eigenvalue weighted by molar-refractivity contribution is 6.03. The molecule has 24 heavy (non-hydrogen) atoms. The smallest absolute Gasteiger partial charge is 0.255 e. The SMILES string of the molecule is Cc1ccc(-c2ccccc2C(=O)N2C[C@@H]3C[C@@H]3[C@H]2C(N)=O)cc1. The topological polar surface area (TPSA) is 63.4 Å². The second-order valence-electron chi connectivity index (χ2n) is 6.88. The maximum Gasteiger partial charge on any atom is 0.255 e. The molecule has 1 aliphatic carbocycles. The van der Waals surface area contributed by atoms with Gasteiger partial charge in [-0.15, -0.1) is 0 Å². The van der Waals surface area contributed by atoms with E-state index in [1.807, 2.05) is 55.5 Å². The van der Waals surface area contributed by atoms with Crippen LogP contribution in [0.15, 0.2) is 48.5 Å². The number of hydrogen-bond donors (Lipinski definition) is 1. The van der Waals surface area contributed by atoms with Gasteiger partial charge in [-0.1, -0.05) is 48.0 Å². The van der Waals surface area contributed by atoms with E-state index in [2.05, 4.69) is 0 Å². The Hall–Kier alpha value is -2.62. The number of piperidine rings is 1. The minimum Gasteiger partial charge on any atom is -0.368 e.